The molecular weight excluding hydrogens is 250 g/mol. The molecule has 2 unspecified atom stereocenters. The summed E-state index contributed by atoms with van der Waals surface area (Å²) in [6.07, 6.45) is 2.61. The molecule has 0 aromatic heterocycles. The van der Waals surface area contributed by atoms with Crippen LogP contribution >= 0.6 is 11.6 Å². The maximum absolute atomic E-state index is 6.01. The molecule has 1 fully saturated rings. The molecule has 18 heavy (non-hydrogen) atoms. The van der Waals surface area contributed by atoms with Crippen LogP contribution in [0.2, 0.25) is 5.02 Å². The summed E-state index contributed by atoms with van der Waals surface area (Å²) in [5.41, 5.74) is 1.15. The third-order valence-electron chi connectivity index (χ3n) is 3.78. The van der Waals surface area contributed by atoms with Crippen molar-refractivity contribution in [2.45, 2.75) is 31.9 Å². The van der Waals surface area contributed by atoms with E-state index in [0.717, 1.165) is 49.1 Å². The molecule has 2 heterocycles. The van der Waals surface area contributed by atoms with Crippen molar-refractivity contribution < 1.29 is 9.47 Å². The molecule has 3 nitrogen and oxygen atoms in total. The van der Waals surface area contributed by atoms with Gasteiger partial charge in [-0.3, -0.25) is 0 Å². The summed E-state index contributed by atoms with van der Waals surface area (Å²) >= 11 is 6.01. The molecule has 0 amide bonds. The molecule has 0 bridgehead atoms. The van der Waals surface area contributed by atoms with Crippen molar-refractivity contribution in [3.8, 4) is 5.75 Å². The van der Waals surface area contributed by atoms with Gasteiger partial charge in [-0.2, -0.15) is 0 Å². The second-order valence-corrected chi connectivity index (χ2v) is 5.34. The van der Waals surface area contributed by atoms with E-state index in [9.17, 15) is 0 Å². The molecule has 0 spiro atoms. The number of hydrogen-bond acceptors (Lipinski definition) is 3. The molecule has 1 saturated heterocycles. The molecule has 0 aliphatic carbocycles. The van der Waals surface area contributed by atoms with E-state index in [1.807, 2.05) is 12.1 Å². The number of nitrogens with zero attached hydrogens (tertiary/aromatic N) is 1. The molecule has 2 aliphatic heterocycles. The number of rotatable bonds is 2. The van der Waals surface area contributed by atoms with E-state index in [1.54, 1.807) is 0 Å². The fourth-order valence-electron chi connectivity index (χ4n) is 2.78. The Labute approximate surface area is 113 Å². The summed E-state index contributed by atoms with van der Waals surface area (Å²) in [4.78, 5) is 2.41. The molecular formula is C14H18ClNO2. The maximum Gasteiger partial charge on any atom is 0.144 e. The summed E-state index contributed by atoms with van der Waals surface area (Å²) in [7, 11) is 0. The van der Waals surface area contributed by atoms with Crippen molar-refractivity contribution in [2.75, 3.05) is 24.7 Å². The van der Waals surface area contributed by atoms with E-state index < -0.39 is 0 Å². The fourth-order valence-corrected chi connectivity index (χ4v) is 2.95. The predicted octanol–water partition coefficient (Wildman–Crippen LogP) is 3.11. The molecule has 3 rings (SSSR count). The lowest BCUT2D eigenvalue weighted by atomic mass is 10.1. The highest BCUT2D eigenvalue weighted by atomic mass is 35.5. The van der Waals surface area contributed by atoms with Crippen LogP contribution in [-0.4, -0.2) is 31.9 Å². The lowest BCUT2D eigenvalue weighted by Crippen LogP contribution is -2.41. The van der Waals surface area contributed by atoms with E-state index in [2.05, 4.69) is 17.9 Å². The molecule has 1 aromatic carbocycles. The second kappa shape index (κ2) is 4.98. The van der Waals surface area contributed by atoms with Crippen LogP contribution < -0.4 is 9.64 Å². The topological polar surface area (TPSA) is 21.7 Å². The first kappa shape index (κ1) is 12.1. The summed E-state index contributed by atoms with van der Waals surface area (Å²) in [5.74, 6) is 0.897. The molecule has 98 valence electrons. The zero-order valence-electron chi connectivity index (χ0n) is 10.6. The van der Waals surface area contributed by atoms with Crippen LogP contribution in [0.4, 0.5) is 5.69 Å². The van der Waals surface area contributed by atoms with Gasteiger partial charge in [0.1, 0.15) is 12.4 Å². The van der Waals surface area contributed by atoms with Crippen LogP contribution in [0.15, 0.2) is 18.2 Å². The molecule has 0 N–H and O–H groups in total. The van der Waals surface area contributed by atoms with Gasteiger partial charge in [0.05, 0.1) is 31.0 Å². The van der Waals surface area contributed by atoms with Gasteiger partial charge in [0.2, 0.25) is 0 Å². The number of ether oxygens (including phenoxy) is 2. The van der Waals surface area contributed by atoms with Crippen LogP contribution in [-0.2, 0) is 4.74 Å². The summed E-state index contributed by atoms with van der Waals surface area (Å²) in [6.45, 7) is 4.65. The van der Waals surface area contributed by atoms with Gasteiger partial charge in [-0.15, -0.1) is 0 Å². The third-order valence-corrected chi connectivity index (χ3v) is 4.01. The van der Waals surface area contributed by atoms with E-state index in [1.165, 1.54) is 0 Å². The average molecular weight is 268 g/mol. The van der Waals surface area contributed by atoms with Gasteiger partial charge >= 0.3 is 0 Å². The Morgan fingerprint density at radius 3 is 3.11 bits per heavy atom. The number of benzene rings is 1. The standard InChI is InChI=1S/C14H18ClNO2/c1-2-12-8-11(9-18-12)16-5-6-17-14-7-10(15)3-4-13(14)16/h3-4,7,11-12H,2,5-6,8-9H2,1H3. The van der Waals surface area contributed by atoms with Gasteiger partial charge in [-0.05, 0) is 25.0 Å². The number of anilines is 1. The third kappa shape index (κ3) is 2.17. The molecule has 2 atom stereocenters. The van der Waals surface area contributed by atoms with Crippen molar-refractivity contribution in [1.82, 2.24) is 0 Å². The monoisotopic (exact) mass is 267 g/mol. The molecule has 4 heteroatoms. The van der Waals surface area contributed by atoms with Gasteiger partial charge in [-0.25, -0.2) is 0 Å². The van der Waals surface area contributed by atoms with Crippen molar-refractivity contribution in [3.63, 3.8) is 0 Å². The van der Waals surface area contributed by atoms with E-state index >= 15 is 0 Å². The van der Waals surface area contributed by atoms with E-state index in [0.29, 0.717) is 12.1 Å². The second-order valence-electron chi connectivity index (χ2n) is 4.91. The summed E-state index contributed by atoms with van der Waals surface area (Å²) in [6, 6.07) is 6.35. The quantitative estimate of drug-likeness (QED) is 0.822. The van der Waals surface area contributed by atoms with Gasteiger partial charge < -0.3 is 14.4 Å². The van der Waals surface area contributed by atoms with Crippen molar-refractivity contribution in [3.05, 3.63) is 23.2 Å². The minimum absolute atomic E-state index is 0.411. The molecule has 0 radical (unpaired) electrons. The van der Waals surface area contributed by atoms with E-state index in [-0.39, 0.29) is 0 Å². The Morgan fingerprint density at radius 1 is 1.44 bits per heavy atom. The first-order chi connectivity index (χ1) is 8.78. The largest absolute Gasteiger partial charge is 0.490 e. The minimum atomic E-state index is 0.411. The Hall–Kier alpha value is -0.930. The van der Waals surface area contributed by atoms with E-state index in [4.69, 9.17) is 21.1 Å². The Balaban J connectivity index is 1.83. The maximum atomic E-state index is 6.01. The number of fused-ring (bicyclic) bond motifs is 1. The minimum Gasteiger partial charge on any atom is -0.490 e. The zero-order chi connectivity index (χ0) is 12.5. The van der Waals surface area contributed by atoms with Crippen LogP contribution in [0.3, 0.4) is 0 Å². The van der Waals surface area contributed by atoms with Crippen LogP contribution in [0.25, 0.3) is 0 Å². The van der Waals surface area contributed by atoms with Crippen molar-refractivity contribution in [2.24, 2.45) is 0 Å². The first-order valence-electron chi connectivity index (χ1n) is 6.58. The van der Waals surface area contributed by atoms with Gasteiger partial charge in [0.25, 0.3) is 0 Å². The lowest BCUT2D eigenvalue weighted by Gasteiger charge is -2.35. The van der Waals surface area contributed by atoms with Gasteiger partial charge in [0, 0.05) is 11.1 Å². The Kier molecular flexibility index (Phi) is 3.35. The predicted molar refractivity (Wildman–Crippen MR) is 72.7 cm³/mol. The fraction of sp³-hybridized carbons (Fsp3) is 0.571. The van der Waals surface area contributed by atoms with Crippen molar-refractivity contribution in [1.29, 1.82) is 0 Å². The van der Waals surface area contributed by atoms with Crippen molar-refractivity contribution >= 4 is 17.3 Å². The molecule has 2 aliphatic rings. The zero-order valence-corrected chi connectivity index (χ0v) is 11.3. The van der Waals surface area contributed by atoms with Crippen LogP contribution in [0, 0.1) is 0 Å². The highest BCUT2D eigenvalue weighted by Crippen LogP contribution is 2.37. The molecule has 1 aromatic rings. The van der Waals surface area contributed by atoms with Crippen LogP contribution in [0.1, 0.15) is 19.8 Å². The van der Waals surface area contributed by atoms with Gasteiger partial charge in [0.15, 0.2) is 0 Å². The van der Waals surface area contributed by atoms with Gasteiger partial charge in [-0.1, -0.05) is 18.5 Å². The SMILES string of the molecule is CCC1CC(N2CCOc3cc(Cl)ccc32)CO1. The highest BCUT2D eigenvalue weighted by Gasteiger charge is 2.32. The normalized spacial score (nSPS) is 26.9. The highest BCUT2D eigenvalue weighted by molar-refractivity contribution is 6.30. The summed E-state index contributed by atoms with van der Waals surface area (Å²) < 4.78 is 11.5. The average Bonchev–Trinajstić information content (AvgIpc) is 2.86. The Morgan fingerprint density at radius 2 is 2.33 bits per heavy atom. The van der Waals surface area contributed by atoms with Crippen LogP contribution in [0.5, 0.6) is 5.75 Å². The lowest BCUT2D eigenvalue weighted by molar-refractivity contribution is 0.106. The molecule has 0 saturated carbocycles. The Bertz CT molecular complexity index is 438. The summed E-state index contributed by atoms with van der Waals surface area (Å²) in [5, 5.41) is 0.727. The number of hydrogen-bond donors (Lipinski definition) is 0. The first-order valence-corrected chi connectivity index (χ1v) is 6.96. The smallest absolute Gasteiger partial charge is 0.144 e. The number of halogens is 1.